The van der Waals surface area contributed by atoms with Crippen molar-refractivity contribution in [1.29, 1.82) is 0 Å². The average molecular weight is 343 g/mol. The zero-order valence-corrected chi connectivity index (χ0v) is 14.8. The summed E-state index contributed by atoms with van der Waals surface area (Å²) >= 11 is 0. The van der Waals surface area contributed by atoms with E-state index in [9.17, 15) is 9.90 Å². The molecule has 2 N–H and O–H groups in total. The molecular formula is C19H25N3O3. The summed E-state index contributed by atoms with van der Waals surface area (Å²) in [6.45, 7) is -0.152. The molecule has 6 heteroatoms. The largest absolute Gasteiger partial charge is 0.497 e. The van der Waals surface area contributed by atoms with Gasteiger partial charge in [0.2, 0.25) is 0 Å². The normalized spacial score (nSPS) is 15.2. The third-order valence-electron chi connectivity index (χ3n) is 4.97. The van der Waals surface area contributed by atoms with Crippen LogP contribution < -0.4 is 4.74 Å². The van der Waals surface area contributed by atoms with Crippen molar-refractivity contribution in [2.24, 2.45) is 0 Å². The SMILES string of the molecule is COc1ccc([C@@H](CO)N(C)C(=O)c2n[nH]c3c2CCCCC3)cc1. The standard InChI is InChI=1S/C19H25N3O3/c1-22(17(12-23)13-8-10-14(25-2)11-9-13)19(24)18-15-6-4-3-5-7-16(15)20-21-18/h8-11,17,23H,3-7,12H2,1-2H3,(H,20,21)/t17-/m1/s1. The summed E-state index contributed by atoms with van der Waals surface area (Å²) in [5, 5.41) is 17.2. The Labute approximate surface area is 147 Å². The molecule has 1 aromatic heterocycles. The van der Waals surface area contributed by atoms with Gasteiger partial charge in [-0.25, -0.2) is 0 Å². The third kappa shape index (κ3) is 3.54. The second-order valence-electron chi connectivity index (χ2n) is 6.48. The lowest BCUT2D eigenvalue weighted by molar-refractivity contribution is 0.0651. The number of aliphatic hydroxyl groups excluding tert-OH is 1. The van der Waals surface area contributed by atoms with Crippen LogP contribution in [0.3, 0.4) is 0 Å². The number of aromatic nitrogens is 2. The molecule has 1 heterocycles. The van der Waals surface area contributed by atoms with Crippen LogP contribution in [0.15, 0.2) is 24.3 Å². The third-order valence-corrected chi connectivity index (χ3v) is 4.97. The number of likely N-dealkylation sites (N-methyl/N-ethyl adjacent to an activating group) is 1. The Balaban J connectivity index is 1.84. The van der Waals surface area contributed by atoms with Crippen molar-refractivity contribution in [1.82, 2.24) is 15.1 Å². The summed E-state index contributed by atoms with van der Waals surface area (Å²) in [6, 6.07) is 6.98. The van der Waals surface area contributed by atoms with Gasteiger partial charge in [0.1, 0.15) is 5.75 Å². The highest BCUT2D eigenvalue weighted by molar-refractivity contribution is 5.94. The first-order valence-electron chi connectivity index (χ1n) is 8.73. The van der Waals surface area contributed by atoms with Gasteiger partial charge in [-0.05, 0) is 43.4 Å². The first kappa shape index (κ1) is 17.5. The predicted octanol–water partition coefficient (Wildman–Crippen LogP) is 2.49. The van der Waals surface area contributed by atoms with Crippen LogP contribution in [0.2, 0.25) is 0 Å². The number of nitrogens with one attached hydrogen (secondary N) is 1. The summed E-state index contributed by atoms with van der Waals surface area (Å²) in [5.41, 5.74) is 3.48. The van der Waals surface area contributed by atoms with Gasteiger partial charge >= 0.3 is 0 Å². The van der Waals surface area contributed by atoms with Gasteiger partial charge in [-0.3, -0.25) is 9.89 Å². The van der Waals surface area contributed by atoms with Crippen LogP contribution in [-0.4, -0.2) is 46.9 Å². The number of benzene rings is 1. The summed E-state index contributed by atoms with van der Waals surface area (Å²) in [4.78, 5) is 14.6. The molecule has 1 aromatic carbocycles. The van der Waals surface area contributed by atoms with Gasteiger partial charge in [0.25, 0.3) is 5.91 Å². The minimum Gasteiger partial charge on any atom is -0.497 e. The summed E-state index contributed by atoms with van der Waals surface area (Å²) in [6.07, 6.45) is 5.22. The van der Waals surface area contributed by atoms with Crippen LogP contribution in [-0.2, 0) is 12.8 Å². The number of aliphatic hydroxyl groups is 1. The fourth-order valence-corrected chi connectivity index (χ4v) is 3.42. The number of rotatable bonds is 5. The molecular weight excluding hydrogens is 318 g/mol. The smallest absolute Gasteiger partial charge is 0.274 e. The van der Waals surface area contributed by atoms with Crippen LogP contribution in [0, 0.1) is 0 Å². The maximum absolute atomic E-state index is 13.0. The molecule has 1 aliphatic carbocycles. The Morgan fingerprint density at radius 3 is 2.68 bits per heavy atom. The molecule has 1 aliphatic rings. The highest BCUT2D eigenvalue weighted by atomic mass is 16.5. The maximum Gasteiger partial charge on any atom is 0.274 e. The van der Waals surface area contributed by atoms with E-state index in [0.29, 0.717) is 5.69 Å². The molecule has 0 bridgehead atoms. The topological polar surface area (TPSA) is 78.5 Å². The van der Waals surface area contributed by atoms with Crippen LogP contribution >= 0.6 is 0 Å². The molecule has 0 fully saturated rings. The monoisotopic (exact) mass is 343 g/mol. The first-order valence-corrected chi connectivity index (χ1v) is 8.73. The molecule has 0 saturated heterocycles. The van der Waals surface area contributed by atoms with Gasteiger partial charge in [-0.15, -0.1) is 0 Å². The molecule has 0 radical (unpaired) electrons. The molecule has 0 spiro atoms. The van der Waals surface area contributed by atoms with E-state index in [1.807, 2.05) is 24.3 Å². The molecule has 1 amide bonds. The van der Waals surface area contributed by atoms with E-state index in [0.717, 1.165) is 48.3 Å². The van der Waals surface area contributed by atoms with Crippen molar-refractivity contribution in [2.75, 3.05) is 20.8 Å². The van der Waals surface area contributed by atoms with E-state index in [2.05, 4.69) is 10.2 Å². The van der Waals surface area contributed by atoms with Crippen molar-refractivity contribution >= 4 is 5.91 Å². The van der Waals surface area contributed by atoms with Gasteiger partial charge in [-0.2, -0.15) is 5.10 Å². The van der Waals surface area contributed by atoms with E-state index in [1.54, 1.807) is 19.1 Å². The fraction of sp³-hybridized carbons (Fsp3) is 0.474. The highest BCUT2D eigenvalue weighted by Crippen LogP contribution is 2.26. The van der Waals surface area contributed by atoms with Crippen molar-refractivity contribution in [2.45, 2.75) is 38.1 Å². The number of amides is 1. The summed E-state index contributed by atoms with van der Waals surface area (Å²) < 4.78 is 5.17. The molecule has 2 aromatic rings. The van der Waals surface area contributed by atoms with Crippen LogP contribution in [0.25, 0.3) is 0 Å². The number of nitrogens with zero attached hydrogens (tertiary/aromatic N) is 2. The molecule has 6 nitrogen and oxygen atoms in total. The predicted molar refractivity (Wildman–Crippen MR) is 94.8 cm³/mol. The lowest BCUT2D eigenvalue weighted by Gasteiger charge is -2.27. The second-order valence-corrected chi connectivity index (χ2v) is 6.48. The summed E-state index contributed by atoms with van der Waals surface area (Å²) in [5.74, 6) is 0.585. The number of hydrogen-bond acceptors (Lipinski definition) is 4. The minimum absolute atomic E-state index is 0.152. The van der Waals surface area contributed by atoms with Crippen molar-refractivity contribution in [3.05, 3.63) is 46.8 Å². The number of methoxy groups -OCH3 is 1. The van der Waals surface area contributed by atoms with Gasteiger partial charge in [-0.1, -0.05) is 18.6 Å². The Kier molecular flexibility index (Phi) is 5.38. The number of fused-ring (bicyclic) bond motifs is 1. The number of aryl methyl sites for hydroxylation is 1. The number of carbonyl (C=O) groups is 1. The van der Waals surface area contributed by atoms with Crippen LogP contribution in [0.5, 0.6) is 5.75 Å². The lowest BCUT2D eigenvalue weighted by atomic mass is 10.0. The second kappa shape index (κ2) is 7.70. The molecule has 3 rings (SSSR count). The zero-order valence-electron chi connectivity index (χ0n) is 14.8. The van der Waals surface area contributed by atoms with Gasteiger partial charge in [0.05, 0.1) is 19.8 Å². The van der Waals surface area contributed by atoms with E-state index >= 15 is 0 Å². The van der Waals surface area contributed by atoms with E-state index in [-0.39, 0.29) is 12.5 Å². The zero-order chi connectivity index (χ0) is 17.8. The van der Waals surface area contributed by atoms with Gasteiger partial charge in [0, 0.05) is 18.3 Å². The number of H-pyrrole nitrogens is 1. The Hall–Kier alpha value is -2.34. The fourth-order valence-electron chi connectivity index (χ4n) is 3.42. The highest BCUT2D eigenvalue weighted by Gasteiger charge is 2.27. The first-order chi connectivity index (χ1) is 12.2. The van der Waals surface area contributed by atoms with Crippen LogP contribution in [0.1, 0.15) is 52.6 Å². The number of ether oxygens (including phenoxy) is 1. The summed E-state index contributed by atoms with van der Waals surface area (Å²) in [7, 11) is 3.32. The average Bonchev–Trinajstić information content (AvgIpc) is 2.90. The van der Waals surface area contributed by atoms with Crippen molar-refractivity contribution < 1.29 is 14.6 Å². The van der Waals surface area contributed by atoms with Gasteiger partial charge in [0.15, 0.2) is 5.69 Å². The quantitative estimate of drug-likeness (QED) is 0.818. The number of carbonyl (C=O) groups excluding carboxylic acids is 1. The lowest BCUT2D eigenvalue weighted by Crippen LogP contribution is -2.34. The molecule has 25 heavy (non-hydrogen) atoms. The molecule has 0 unspecified atom stereocenters. The van der Waals surface area contributed by atoms with E-state index in [4.69, 9.17) is 4.74 Å². The van der Waals surface area contributed by atoms with Crippen LogP contribution in [0.4, 0.5) is 0 Å². The Morgan fingerprint density at radius 2 is 2.00 bits per heavy atom. The molecule has 0 saturated carbocycles. The molecule has 134 valence electrons. The molecule has 1 atom stereocenters. The number of aromatic amines is 1. The van der Waals surface area contributed by atoms with E-state index in [1.165, 1.54) is 6.42 Å². The maximum atomic E-state index is 13.0. The Morgan fingerprint density at radius 1 is 1.28 bits per heavy atom. The van der Waals surface area contributed by atoms with Crippen molar-refractivity contribution in [3.63, 3.8) is 0 Å². The van der Waals surface area contributed by atoms with Crippen molar-refractivity contribution in [3.8, 4) is 5.75 Å². The Bertz CT molecular complexity index is 724. The molecule has 0 aliphatic heterocycles. The van der Waals surface area contributed by atoms with E-state index < -0.39 is 6.04 Å². The van der Waals surface area contributed by atoms with Gasteiger partial charge < -0.3 is 14.7 Å². The minimum atomic E-state index is -0.420. The number of hydrogen-bond donors (Lipinski definition) is 2.